The lowest BCUT2D eigenvalue weighted by Gasteiger charge is -2.44. The molecule has 2 aliphatic heterocycles. The Hall–Kier alpha value is -2.87. The van der Waals surface area contributed by atoms with Crippen molar-refractivity contribution in [3.63, 3.8) is 0 Å². The first kappa shape index (κ1) is 20.4. The average Bonchev–Trinajstić information content (AvgIpc) is 2.78. The SMILES string of the molecule is COc1cc(C(=O)N2CCC3(CC2)OCCc2cnc(C)nc23)cc(OC)c1OC. The van der Waals surface area contributed by atoms with E-state index in [0.29, 0.717) is 55.4 Å². The second-order valence-corrected chi connectivity index (χ2v) is 7.59. The predicted octanol–water partition coefficient (Wildman–Crippen LogP) is 2.52. The molecule has 0 bridgehead atoms. The molecule has 4 rings (SSSR count). The lowest BCUT2D eigenvalue weighted by atomic mass is 9.83. The summed E-state index contributed by atoms with van der Waals surface area (Å²) in [4.78, 5) is 24.1. The van der Waals surface area contributed by atoms with Gasteiger partial charge >= 0.3 is 0 Å². The summed E-state index contributed by atoms with van der Waals surface area (Å²) in [5.41, 5.74) is 2.20. The monoisotopic (exact) mass is 413 g/mol. The van der Waals surface area contributed by atoms with Crippen LogP contribution in [0.15, 0.2) is 18.3 Å². The molecule has 0 radical (unpaired) electrons. The van der Waals surface area contributed by atoms with Crippen molar-refractivity contribution < 1.29 is 23.7 Å². The van der Waals surface area contributed by atoms with Crippen LogP contribution in [-0.4, -0.2) is 61.8 Å². The number of benzene rings is 1. The molecule has 0 saturated carbocycles. The summed E-state index contributed by atoms with van der Waals surface area (Å²) < 4.78 is 22.4. The van der Waals surface area contributed by atoms with Gasteiger partial charge in [0.05, 0.1) is 33.6 Å². The maximum atomic E-state index is 13.2. The Kier molecular flexibility index (Phi) is 5.51. The molecule has 2 aliphatic rings. The molecule has 3 heterocycles. The molecule has 160 valence electrons. The van der Waals surface area contributed by atoms with E-state index in [2.05, 4.69) is 4.98 Å². The molecule has 1 aromatic heterocycles. The molecule has 0 unspecified atom stereocenters. The maximum Gasteiger partial charge on any atom is 0.254 e. The Morgan fingerprint density at radius 1 is 1.10 bits per heavy atom. The Morgan fingerprint density at radius 3 is 2.37 bits per heavy atom. The number of aromatic nitrogens is 2. The molecule has 0 N–H and O–H groups in total. The highest BCUT2D eigenvalue weighted by molar-refractivity contribution is 5.95. The summed E-state index contributed by atoms with van der Waals surface area (Å²) in [6, 6.07) is 3.38. The smallest absolute Gasteiger partial charge is 0.254 e. The van der Waals surface area contributed by atoms with Gasteiger partial charge in [0.2, 0.25) is 5.75 Å². The van der Waals surface area contributed by atoms with Crippen molar-refractivity contribution in [1.82, 2.24) is 14.9 Å². The minimum absolute atomic E-state index is 0.0704. The van der Waals surface area contributed by atoms with Gasteiger partial charge in [-0.25, -0.2) is 9.97 Å². The summed E-state index contributed by atoms with van der Waals surface area (Å²) in [5, 5.41) is 0. The van der Waals surface area contributed by atoms with Crippen molar-refractivity contribution in [2.75, 3.05) is 41.0 Å². The van der Waals surface area contributed by atoms with E-state index in [0.717, 1.165) is 23.5 Å². The van der Waals surface area contributed by atoms with E-state index >= 15 is 0 Å². The van der Waals surface area contributed by atoms with Crippen LogP contribution in [0, 0.1) is 6.92 Å². The van der Waals surface area contributed by atoms with E-state index in [1.807, 2.05) is 18.0 Å². The number of nitrogens with zero attached hydrogens (tertiary/aromatic N) is 3. The van der Waals surface area contributed by atoms with Gasteiger partial charge in [-0.1, -0.05) is 0 Å². The molecule has 8 nitrogen and oxygen atoms in total. The number of ether oxygens (including phenoxy) is 4. The van der Waals surface area contributed by atoms with Crippen molar-refractivity contribution >= 4 is 5.91 Å². The van der Waals surface area contributed by atoms with Crippen LogP contribution in [0.3, 0.4) is 0 Å². The highest BCUT2D eigenvalue weighted by Crippen LogP contribution is 2.42. The summed E-state index contributed by atoms with van der Waals surface area (Å²) in [5.74, 6) is 2.07. The third-order valence-corrected chi connectivity index (χ3v) is 5.94. The van der Waals surface area contributed by atoms with Gasteiger partial charge < -0.3 is 23.8 Å². The number of aryl methyl sites for hydroxylation is 1. The van der Waals surface area contributed by atoms with Crippen LogP contribution in [0.25, 0.3) is 0 Å². The standard InChI is InChI=1S/C22H27N3O5/c1-14-23-13-15-5-10-30-22(20(15)24-14)6-8-25(9-7-22)21(26)16-11-17(27-2)19(29-4)18(12-16)28-3/h11-13H,5-10H2,1-4H3. The van der Waals surface area contributed by atoms with Crippen LogP contribution in [-0.2, 0) is 16.8 Å². The van der Waals surface area contributed by atoms with Gasteiger partial charge in [-0.05, 0) is 43.9 Å². The van der Waals surface area contributed by atoms with Gasteiger partial charge in [-0.3, -0.25) is 4.79 Å². The maximum absolute atomic E-state index is 13.2. The lowest BCUT2D eigenvalue weighted by Crippen LogP contribution is -2.49. The number of hydrogen-bond donors (Lipinski definition) is 0. The molecule has 0 aliphatic carbocycles. The first-order valence-electron chi connectivity index (χ1n) is 10.1. The first-order chi connectivity index (χ1) is 14.5. The van der Waals surface area contributed by atoms with E-state index in [1.165, 1.54) is 14.2 Å². The Morgan fingerprint density at radius 2 is 1.77 bits per heavy atom. The predicted molar refractivity (Wildman–Crippen MR) is 109 cm³/mol. The van der Waals surface area contributed by atoms with Gasteiger partial charge in [0, 0.05) is 24.8 Å². The van der Waals surface area contributed by atoms with E-state index in [-0.39, 0.29) is 5.91 Å². The molecule has 2 aromatic rings. The normalized spacial score (nSPS) is 17.4. The van der Waals surface area contributed by atoms with Crippen LogP contribution >= 0.6 is 0 Å². The largest absolute Gasteiger partial charge is 0.493 e. The molecule has 0 atom stereocenters. The van der Waals surface area contributed by atoms with Crippen molar-refractivity contribution in [3.8, 4) is 17.2 Å². The van der Waals surface area contributed by atoms with Crippen LogP contribution in [0.5, 0.6) is 17.2 Å². The minimum Gasteiger partial charge on any atom is -0.493 e. The third kappa shape index (κ3) is 3.45. The molecule has 1 aromatic carbocycles. The van der Waals surface area contributed by atoms with Crippen LogP contribution in [0.2, 0.25) is 0 Å². The second-order valence-electron chi connectivity index (χ2n) is 7.59. The van der Waals surface area contributed by atoms with Crippen LogP contribution in [0.1, 0.15) is 40.3 Å². The summed E-state index contributed by atoms with van der Waals surface area (Å²) in [6.45, 7) is 3.71. The van der Waals surface area contributed by atoms with E-state index in [4.69, 9.17) is 23.9 Å². The fourth-order valence-electron chi connectivity index (χ4n) is 4.34. The molecular formula is C22H27N3O5. The van der Waals surface area contributed by atoms with Crippen LogP contribution in [0.4, 0.5) is 0 Å². The van der Waals surface area contributed by atoms with Gasteiger partial charge in [-0.2, -0.15) is 0 Å². The molecule has 1 spiro atoms. The lowest BCUT2D eigenvalue weighted by molar-refractivity contribution is -0.0968. The fraction of sp³-hybridized carbons (Fsp3) is 0.500. The van der Waals surface area contributed by atoms with Gasteiger partial charge in [0.25, 0.3) is 5.91 Å². The van der Waals surface area contributed by atoms with Gasteiger partial charge in [0.1, 0.15) is 11.4 Å². The number of carbonyl (C=O) groups excluding carboxylic acids is 1. The zero-order chi connectivity index (χ0) is 21.3. The van der Waals surface area contributed by atoms with E-state index in [1.54, 1.807) is 19.2 Å². The number of hydrogen-bond acceptors (Lipinski definition) is 7. The molecule has 1 fully saturated rings. The number of carbonyl (C=O) groups is 1. The van der Waals surface area contributed by atoms with Gasteiger partial charge in [-0.15, -0.1) is 0 Å². The Labute approximate surface area is 176 Å². The zero-order valence-electron chi connectivity index (χ0n) is 17.9. The average molecular weight is 413 g/mol. The summed E-state index contributed by atoms with van der Waals surface area (Å²) in [7, 11) is 4.62. The zero-order valence-corrected chi connectivity index (χ0v) is 17.9. The quantitative estimate of drug-likeness (QED) is 0.762. The summed E-state index contributed by atoms with van der Waals surface area (Å²) in [6.07, 6.45) is 4.14. The number of piperidine rings is 1. The van der Waals surface area contributed by atoms with Gasteiger partial charge in [0.15, 0.2) is 11.5 Å². The van der Waals surface area contributed by atoms with E-state index in [9.17, 15) is 4.79 Å². The molecule has 30 heavy (non-hydrogen) atoms. The molecule has 1 amide bonds. The van der Waals surface area contributed by atoms with E-state index < -0.39 is 5.60 Å². The highest BCUT2D eigenvalue weighted by atomic mass is 16.5. The highest BCUT2D eigenvalue weighted by Gasteiger charge is 2.43. The number of amides is 1. The number of rotatable bonds is 4. The number of fused-ring (bicyclic) bond motifs is 2. The topological polar surface area (TPSA) is 83.0 Å². The molecular weight excluding hydrogens is 386 g/mol. The second kappa shape index (κ2) is 8.10. The van der Waals surface area contributed by atoms with Crippen LogP contribution < -0.4 is 14.2 Å². The first-order valence-corrected chi connectivity index (χ1v) is 10.1. The summed E-state index contributed by atoms with van der Waals surface area (Å²) >= 11 is 0. The van der Waals surface area contributed by atoms with Crippen molar-refractivity contribution in [2.45, 2.75) is 31.8 Å². The number of methoxy groups -OCH3 is 3. The van der Waals surface area contributed by atoms with Crippen molar-refractivity contribution in [1.29, 1.82) is 0 Å². The Balaban J connectivity index is 1.56. The minimum atomic E-state index is -0.437. The van der Waals surface area contributed by atoms with Crippen molar-refractivity contribution in [3.05, 3.63) is 41.0 Å². The fourth-order valence-corrected chi connectivity index (χ4v) is 4.34. The Bertz CT molecular complexity index is 929. The number of likely N-dealkylation sites (tertiary alicyclic amines) is 1. The molecule has 1 saturated heterocycles. The van der Waals surface area contributed by atoms with Crippen molar-refractivity contribution in [2.24, 2.45) is 0 Å². The third-order valence-electron chi connectivity index (χ3n) is 5.94. The molecule has 8 heteroatoms.